The molecular formula is C13H21NS2. The number of rotatable bonds is 2. The van der Waals surface area contributed by atoms with Crippen LogP contribution in [0.2, 0.25) is 0 Å². The second-order valence-corrected chi connectivity index (χ2v) is 4.72. The van der Waals surface area contributed by atoms with Gasteiger partial charge >= 0.3 is 0 Å². The number of hydrogen-bond acceptors (Lipinski definition) is 1. The highest BCUT2D eigenvalue weighted by Gasteiger charge is 1.96. The van der Waals surface area contributed by atoms with Gasteiger partial charge in [0.2, 0.25) is 0 Å². The molecule has 1 rings (SSSR count). The number of nitrogens with zero attached hydrogens (tertiary/aromatic N) is 1. The Hall–Kier alpha value is -0.540. The molecule has 0 saturated carbocycles. The quantitative estimate of drug-likeness (QED) is 0.632. The molecule has 0 N–H and O–H groups in total. The maximum atomic E-state index is 4.81. The maximum Gasteiger partial charge on any atom is 0.133 e. The SMILES string of the molecule is CCN(CC)C(=S)S.Cc1ccc(C)cc1. The highest BCUT2D eigenvalue weighted by molar-refractivity contribution is 8.10. The topological polar surface area (TPSA) is 3.24 Å². The Labute approximate surface area is 110 Å². The highest BCUT2D eigenvalue weighted by atomic mass is 32.1. The average Bonchev–Trinajstić information content (AvgIpc) is 2.25. The molecule has 1 aromatic rings. The van der Waals surface area contributed by atoms with Crippen LogP contribution in [0.25, 0.3) is 0 Å². The van der Waals surface area contributed by atoms with Gasteiger partial charge in [-0.05, 0) is 27.7 Å². The van der Waals surface area contributed by atoms with E-state index in [2.05, 4.69) is 64.6 Å². The van der Waals surface area contributed by atoms with E-state index in [-0.39, 0.29) is 0 Å². The van der Waals surface area contributed by atoms with Gasteiger partial charge in [-0.25, -0.2) is 0 Å². The second kappa shape index (κ2) is 8.59. The van der Waals surface area contributed by atoms with E-state index in [0.717, 1.165) is 13.1 Å². The number of thiol groups is 1. The van der Waals surface area contributed by atoms with Crippen LogP contribution in [-0.4, -0.2) is 22.3 Å². The standard InChI is InChI=1S/C8H10.C5H11NS2/c1-7-3-5-8(2)6-4-7;1-3-6(4-2)5(7)8/h3-6H,1-2H3;3-4H2,1-2H3,(H,7,8). The first-order chi connectivity index (χ1) is 7.51. The average molecular weight is 255 g/mol. The summed E-state index contributed by atoms with van der Waals surface area (Å²) in [6.45, 7) is 10.2. The molecule has 0 atom stereocenters. The third-order valence-corrected chi connectivity index (χ3v) is 2.79. The van der Waals surface area contributed by atoms with Gasteiger partial charge in [-0.1, -0.05) is 47.6 Å². The predicted molar refractivity (Wildman–Crippen MR) is 80.4 cm³/mol. The van der Waals surface area contributed by atoms with E-state index in [9.17, 15) is 0 Å². The first kappa shape index (κ1) is 15.5. The minimum absolute atomic E-state index is 0.690. The van der Waals surface area contributed by atoms with Crippen LogP contribution in [0.3, 0.4) is 0 Å². The van der Waals surface area contributed by atoms with Crippen molar-refractivity contribution in [2.45, 2.75) is 27.7 Å². The molecule has 0 amide bonds. The summed E-state index contributed by atoms with van der Waals surface area (Å²) in [7, 11) is 0. The smallest absolute Gasteiger partial charge is 0.133 e. The third kappa shape index (κ3) is 6.85. The molecule has 0 radical (unpaired) electrons. The lowest BCUT2D eigenvalue weighted by Gasteiger charge is -2.16. The lowest BCUT2D eigenvalue weighted by Crippen LogP contribution is -2.24. The van der Waals surface area contributed by atoms with Crippen molar-refractivity contribution in [3.63, 3.8) is 0 Å². The van der Waals surface area contributed by atoms with Gasteiger partial charge < -0.3 is 4.90 Å². The molecule has 1 aromatic carbocycles. The number of thiocarbonyl (C=S) groups is 1. The van der Waals surface area contributed by atoms with Gasteiger partial charge in [0.15, 0.2) is 0 Å². The largest absolute Gasteiger partial charge is 0.358 e. The number of benzene rings is 1. The van der Waals surface area contributed by atoms with Gasteiger partial charge in [-0.15, -0.1) is 12.6 Å². The van der Waals surface area contributed by atoms with Crippen molar-refractivity contribution < 1.29 is 0 Å². The normalized spacial score (nSPS) is 9.06. The van der Waals surface area contributed by atoms with Crippen LogP contribution < -0.4 is 0 Å². The van der Waals surface area contributed by atoms with Gasteiger partial charge in [-0.3, -0.25) is 0 Å². The van der Waals surface area contributed by atoms with Crippen LogP contribution in [0.5, 0.6) is 0 Å². The maximum absolute atomic E-state index is 4.81. The van der Waals surface area contributed by atoms with E-state index in [0.29, 0.717) is 4.32 Å². The Kier molecular flexibility index (Phi) is 8.30. The van der Waals surface area contributed by atoms with E-state index < -0.39 is 0 Å². The number of hydrogen-bond donors (Lipinski definition) is 1. The van der Waals surface area contributed by atoms with Crippen molar-refractivity contribution >= 4 is 29.2 Å². The molecule has 1 nitrogen and oxygen atoms in total. The Morgan fingerprint density at radius 1 is 1.06 bits per heavy atom. The van der Waals surface area contributed by atoms with Crippen molar-refractivity contribution in [3.05, 3.63) is 35.4 Å². The van der Waals surface area contributed by atoms with E-state index >= 15 is 0 Å². The molecule has 0 spiro atoms. The fourth-order valence-electron chi connectivity index (χ4n) is 1.13. The van der Waals surface area contributed by atoms with Crippen molar-refractivity contribution in [2.75, 3.05) is 13.1 Å². The summed E-state index contributed by atoms with van der Waals surface area (Å²) < 4.78 is 0.690. The van der Waals surface area contributed by atoms with Crippen LogP contribution in [0.15, 0.2) is 24.3 Å². The molecule has 16 heavy (non-hydrogen) atoms. The molecule has 0 unspecified atom stereocenters. The minimum atomic E-state index is 0.690. The van der Waals surface area contributed by atoms with Crippen LogP contribution in [0.1, 0.15) is 25.0 Å². The zero-order chi connectivity index (χ0) is 12.6. The first-order valence-corrected chi connectivity index (χ1v) is 6.37. The number of aryl methyl sites for hydroxylation is 2. The minimum Gasteiger partial charge on any atom is -0.358 e. The molecule has 0 aliphatic rings. The summed E-state index contributed by atoms with van der Waals surface area (Å²) in [6.07, 6.45) is 0. The summed E-state index contributed by atoms with van der Waals surface area (Å²) in [4.78, 5) is 2.01. The van der Waals surface area contributed by atoms with Crippen molar-refractivity contribution in [1.82, 2.24) is 4.90 Å². The fraction of sp³-hybridized carbons (Fsp3) is 0.462. The van der Waals surface area contributed by atoms with E-state index in [1.54, 1.807) is 0 Å². The van der Waals surface area contributed by atoms with E-state index in [1.807, 2.05) is 4.90 Å². The zero-order valence-corrected chi connectivity index (χ0v) is 12.2. The second-order valence-electron chi connectivity index (χ2n) is 3.61. The van der Waals surface area contributed by atoms with Gasteiger partial charge in [0.05, 0.1) is 0 Å². The molecule has 0 aliphatic carbocycles. The monoisotopic (exact) mass is 255 g/mol. The van der Waals surface area contributed by atoms with Gasteiger partial charge in [0, 0.05) is 13.1 Å². The molecule has 0 aliphatic heterocycles. The summed E-state index contributed by atoms with van der Waals surface area (Å²) >= 11 is 8.82. The predicted octanol–water partition coefficient (Wildman–Crippen LogP) is 3.85. The zero-order valence-electron chi connectivity index (χ0n) is 10.5. The van der Waals surface area contributed by atoms with Crippen LogP contribution in [0, 0.1) is 13.8 Å². The van der Waals surface area contributed by atoms with Crippen LogP contribution in [-0.2, 0) is 0 Å². The summed E-state index contributed by atoms with van der Waals surface area (Å²) in [6, 6.07) is 8.48. The molecule has 0 aromatic heterocycles. The molecule has 0 heterocycles. The van der Waals surface area contributed by atoms with Crippen LogP contribution in [0.4, 0.5) is 0 Å². The van der Waals surface area contributed by atoms with Gasteiger partial charge in [-0.2, -0.15) is 0 Å². The molecule has 90 valence electrons. The highest BCUT2D eigenvalue weighted by Crippen LogP contribution is 1.99. The molecule has 0 bridgehead atoms. The van der Waals surface area contributed by atoms with Gasteiger partial charge in [0.25, 0.3) is 0 Å². The van der Waals surface area contributed by atoms with Gasteiger partial charge in [0.1, 0.15) is 4.32 Å². The van der Waals surface area contributed by atoms with E-state index in [1.165, 1.54) is 11.1 Å². The Balaban J connectivity index is 0.000000281. The molecule has 3 heteroatoms. The van der Waals surface area contributed by atoms with Crippen molar-refractivity contribution in [3.8, 4) is 0 Å². The summed E-state index contributed by atoms with van der Waals surface area (Å²) in [5.74, 6) is 0. The van der Waals surface area contributed by atoms with E-state index in [4.69, 9.17) is 12.2 Å². The van der Waals surface area contributed by atoms with Crippen molar-refractivity contribution in [1.29, 1.82) is 0 Å². The third-order valence-electron chi connectivity index (χ3n) is 2.25. The lowest BCUT2D eigenvalue weighted by molar-refractivity contribution is 0.482. The Morgan fingerprint density at radius 2 is 1.38 bits per heavy atom. The Bertz CT molecular complexity index is 281. The van der Waals surface area contributed by atoms with Crippen LogP contribution >= 0.6 is 24.8 Å². The molecule has 0 fully saturated rings. The van der Waals surface area contributed by atoms with Crippen molar-refractivity contribution in [2.24, 2.45) is 0 Å². The summed E-state index contributed by atoms with van der Waals surface area (Å²) in [5.41, 5.74) is 2.66. The summed E-state index contributed by atoms with van der Waals surface area (Å²) in [5, 5.41) is 0. The Morgan fingerprint density at radius 3 is 1.50 bits per heavy atom. The molecule has 0 saturated heterocycles. The lowest BCUT2D eigenvalue weighted by atomic mass is 10.2. The fourth-order valence-corrected chi connectivity index (χ4v) is 1.67. The molecular weight excluding hydrogens is 234 g/mol. The first-order valence-electron chi connectivity index (χ1n) is 5.52.